The average Bonchev–Trinajstić information content (AvgIpc) is 3.40. The fraction of sp³-hybridized carbons (Fsp3) is 0.130. The van der Waals surface area contributed by atoms with Crippen molar-refractivity contribution in [1.82, 2.24) is 29.7 Å². The van der Waals surface area contributed by atoms with Crippen LogP contribution in [0, 0.1) is 6.92 Å². The van der Waals surface area contributed by atoms with Crippen LogP contribution in [-0.2, 0) is 11.2 Å². The molecule has 0 atom stereocenters. The Kier molecular flexibility index (Phi) is 6.29. The van der Waals surface area contributed by atoms with Crippen LogP contribution in [-0.4, -0.2) is 41.4 Å². The summed E-state index contributed by atoms with van der Waals surface area (Å²) >= 11 is 2.65. The van der Waals surface area contributed by atoms with Crippen molar-refractivity contribution in [2.24, 2.45) is 0 Å². The van der Waals surface area contributed by atoms with Gasteiger partial charge >= 0.3 is 5.69 Å². The smallest absolute Gasteiger partial charge is 0.311 e. The van der Waals surface area contributed by atoms with Crippen LogP contribution in [0.4, 0.5) is 5.13 Å². The van der Waals surface area contributed by atoms with Crippen LogP contribution >= 0.6 is 23.1 Å². The topological polar surface area (TPSA) is 138 Å². The van der Waals surface area contributed by atoms with Gasteiger partial charge in [0.05, 0.1) is 16.0 Å². The van der Waals surface area contributed by atoms with Gasteiger partial charge in [0.15, 0.2) is 10.3 Å². The Labute approximate surface area is 206 Å². The highest BCUT2D eigenvalue weighted by atomic mass is 32.2. The highest BCUT2D eigenvalue weighted by molar-refractivity contribution is 7.99. The van der Waals surface area contributed by atoms with Gasteiger partial charge in [-0.05, 0) is 36.8 Å². The molecule has 0 spiro atoms. The molecule has 12 heteroatoms. The van der Waals surface area contributed by atoms with Crippen molar-refractivity contribution in [2.45, 2.75) is 18.5 Å². The van der Waals surface area contributed by atoms with Crippen molar-refractivity contribution >= 4 is 44.4 Å². The van der Waals surface area contributed by atoms with E-state index in [0.717, 1.165) is 21.5 Å². The fourth-order valence-electron chi connectivity index (χ4n) is 3.53. The Balaban J connectivity index is 1.39. The van der Waals surface area contributed by atoms with E-state index in [0.29, 0.717) is 21.8 Å². The number of carbonyl (C=O) groups is 1. The van der Waals surface area contributed by atoms with E-state index < -0.39 is 11.2 Å². The molecule has 3 N–H and O–H groups in total. The first kappa shape index (κ1) is 22.7. The molecule has 176 valence electrons. The molecular formula is C23H19N7O3S2. The number of H-pyrrole nitrogens is 2. The van der Waals surface area contributed by atoms with Gasteiger partial charge in [-0.1, -0.05) is 47.4 Å². The summed E-state index contributed by atoms with van der Waals surface area (Å²) in [7, 11) is 0. The molecule has 0 aliphatic carbocycles. The summed E-state index contributed by atoms with van der Waals surface area (Å²) in [5, 5.41) is 12.5. The van der Waals surface area contributed by atoms with Gasteiger partial charge in [0, 0.05) is 23.9 Å². The Morgan fingerprint density at radius 2 is 1.94 bits per heavy atom. The second-order valence-electron chi connectivity index (χ2n) is 7.69. The lowest BCUT2D eigenvalue weighted by molar-refractivity contribution is -0.113. The van der Waals surface area contributed by atoms with Gasteiger partial charge in [0.1, 0.15) is 5.82 Å². The van der Waals surface area contributed by atoms with E-state index in [2.05, 4.69) is 30.5 Å². The maximum Gasteiger partial charge on any atom is 0.325 e. The molecule has 10 nitrogen and oxygen atoms in total. The third kappa shape index (κ3) is 5.23. The Morgan fingerprint density at radius 1 is 1.09 bits per heavy atom. The number of para-hydroxylation sites is 1. The third-order valence-corrected chi connectivity index (χ3v) is 6.88. The van der Waals surface area contributed by atoms with Crippen LogP contribution in [0.15, 0.2) is 69.3 Å². The molecule has 3 heterocycles. The summed E-state index contributed by atoms with van der Waals surface area (Å²) in [6.07, 6.45) is 0.179. The van der Waals surface area contributed by atoms with Gasteiger partial charge in [-0.25, -0.2) is 9.78 Å². The number of amides is 1. The minimum atomic E-state index is -0.588. The van der Waals surface area contributed by atoms with Crippen molar-refractivity contribution in [3.8, 4) is 5.69 Å². The molecule has 2 aromatic carbocycles. The van der Waals surface area contributed by atoms with E-state index >= 15 is 0 Å². The zero-order valence-electron chi connectivity index (χ0n) is 18.4. The molecule has 0 saturated carbocycles. The van der Waals surface area contributed by atoms with Crippen molar-refractivity contribution < 1.29 is 4.79 Å². The number of hydrogen-bond donors (Lipinski definition) is 3. The predicted octanol–water partition coefficient (Wildman–Crippen LogP) is 2.88. The van der Waals surface area contributed by atoms with Crippen LogP contribution in [0.3, 0.4) is 0 Å². The van der Waals surface area contributed by atoms with Gasteiger partial charge in [-0.2, -0.15) is 0 Å². The third-order valence-electron chi connectivity index (χ3n) is 5.00. The zero-order chi connectivity index (χ0) is 24.4. The molecule has 3 aromatic heterocycles. The van der Waals surface area contributed by atoms with Gasteiger partial charge in [0.25, 0.3) is 5.56 Å². The molecule has 35 heavy (non-hydrogen) atoms. The first-order valence-electron chi connectivity index (χ1n) is 10.6. The number of aromatic nitrogens is 6. The quantitative estimate of drug-likeness (QED) is 0.289. The summed E-state index contributed by atoms with van der Waals surface area (Å²) in [6.45, 7) is 1.97. The molecule has 0 saturated heterocycles. The molecule has 0 aliphatic rings. The largest absolute Gasteiger partial charge is 0.325 e. The fourth-order valence-corrected chi connectivity index (χ4v) is 5.18. The number of aryl methyl sites for hydroxylation is 1. The lowest BCUT2D eigenvalue weighted by Gasteiger charge is -2.11. The number of benzene rings is 2. The van der Waals surface area contributed by atoms with Crippen LogP contribution in [0.2, 0.25) is 0 Å². The summed E-state index contributed by atoms with van der Waals surface area (Å²) < 4.78 is 2.82. The molecular weight excluding hydrogens is 486 g/mol. The second kappa shape index (κ2) is 9.68. The standard InChI is InChI=1S/C23H19N7O3S2/c1-13-5-4-6-15(9-13)30-18(10-14-11-19(31)26-21(33)24-14)28-29-23(30)34-12-20(32)27-22-25-16-7-2-3-8-17(16)35-22/h2-9,11H,10,12H2,1H3,(H,25,27,32)(H2,24,26,31,33). The van der Waals surface area contributed by atoms with E-state index in [1.807, 2.05) is 60.0 Å². The Morgan fingerprint density at radius 3 is 2.74 bits per heavy atom. The van der Waals surface area contributed by atoms with Crippen molar-refractivity contribution in [3.05, 3.63) is 92.5 Å². The number of aromatic amines is 2. The number of fused-ring (bicyclic) bond motifs is 1. The lowest BCUT2D eigenvalue weighted by Crippen LogP contribution is -2.23. The minimum Gasteiger partial charge on any atom is -0.311 e. The molecule has 0 fully saturated rings. The van der Waals surface area contributed by atoms with Crippen LogP contribution in [0.1, 0.15) is 17.1 Å². The van der Waals surface area contributed by atoms with Gasteiger partial charge in [-0.15, -0.1) is 10.2 Å². The minimum absolute atomic E-state index is 0.0989. The summed E-state index contributed by atoms with van der Waals surface area (Å²) in [6, 6.07) is 16.8. The predicted molar refractivity (Wildman–Crippen MR) is 136 cm³/mol. The normalized spacial score (nSPS) is 11.1. The van der Waals surface area contributed by atoms with Crippen LogP contribution < -0.4 is 16.6 Å². The van der Waals surface area contributed by atoms with E-state index in [1.165, 1.54) is 29.2 Å². The number of carbonyl (C=O) groups excluding carboxylic acids is 1. The lowest BCUT2D eigenvalue weighted by atomic mass is 10.2. The number of rotatable bonds is 7. The molecule has 5 aromatic rings. The average molecular weight is 506 g/mol. The molecule has 5 rings (SSSR count). The molecule has 0 unspecified atom stereocenters. The van der Waals surface area contributed by atoms with E-state index in [9.17, 15) is 14.4 Å². The SMILES string of the molecule is Cc1cccc(-n2c(Cc3cc(=O)[nH]c(=O)[nH]3)nnc2SCC(=O)Nc2nc3ccccc3s2)c1. The number of nitrogens with one attached hydrogen (secondary N) is 3. The highest BCUT2D eigenvalue weighted by Crippen LogP contribution is 2.27. The zero-order valence-corrected chi connectivity index (χ0v) is 20.1. The van der Waals surface area contributed by atoms with Crippen molar-refractivity contribution in [2.75, 3.05) is 11.1 Å². The maximum absolute atomic E-state index is 12.6. The number of thiazole rings is 1. The number of thioether (sulfide) groups is 1. The summed E-state index contributed by atoms with van der Waals surface area (Å²) in [4.78, 5) is 45.2. The van der Waals surface area contributed by atoms with Crippen molar-refractivity contribution in [1.29, 1.82) is 0 Å². The Bertz CT molecular complexity index is 1590. The highest BCUT2D eigenvalue weighted by Gasteiger charge is 2.18. The Hall–Kier alpha value is -4.03. The van der Waals surface area contributed by atoms with Gasteiger partial charge < -0.3 is 10.3 Å². The summed E-state index contributed by atoms with van der Waals surface area (Å²) in [5.41, 5.74) is 2.01. The molecule has 0 radical (unpaired) electrons. The number of nitrogens with zero attached hydrogens (tertiary/aromatic N) is 4. The van der Waals surface area contributed by atoms with Gasteiger partial charge in [-0.3, -0.25) is 19.1 Å². The van der Waals surface area contributed by atoms with E-state index in [-0.39, 0.29) is 18.1 Å². The number of anilines is 1. The number of hydrogen-bond acceptors (Lipinski definition) is 8. The maximum atomic E-state index is 12.6. The molecule has 1 amide bonds. The first-order valence-corrected chi connectivity index (χ1v) is 12.4. The van der Waals surface area contributed by atoms with E-state index in [1.54, 1.807) is 0 Å². The second-order valence-corrected chi connectivity index (χ2v) is 9.66. The van der Waals surface area contributed by atoms with E-state index in [4.69, 9.17) is 0 Å². The first-order chi connectivity index (χ1) is 16.9. The molecule has 0 bridgehead atoms. The van der Waals surface area contributed by atoms with Crippen molar-refractivity contribution in [3.63, 3.8) is 0 Å². The van der Waals surface area contributed by atoms with Crippen LogP contribution in [0.25, 0.3) is 15.9 Å². The molecule has 0 aliphatic heterocycles. The van der Waals surface area contributed by atoms with Gasteiger partial charge in [0.2, 0.25) is 5.91 Å². The van der Waals surface area contributed by atoms with Crippen LogP contribution in [0.5, 0.6) is 0 Å². The monoisotopic (exact) mass is 505 g/mol. The summed E-state index contributed by atoms with van der Waals surface area (Å²) in [5.74, 6) is 0.404.